The van der Waals surface area contributed by atoms with E-state index in [1.807, 2.05) is 0 Å². The van der Waals surface area contributed by atoms with Crippen molar-refractivity contribution in [3.8, 4) is 11.1 Å². The Morgan fingerprint density at radius 1 is 0.375 bits per heavy atom. The van der Waals surface area contributed by atoms with Crippen LogP contribution < -0.4 is 26.2 Å². The smallest absolute Gasteiger partial charge is 0.252 e. The molecule has 11 rings (SSSR count). The number of rotatable bonds is 5. The maximum Gasteiger partial charge on any atom is 0.252 e. The second-order valence-electron chi connectivity index (χ2n) is 27.6. The van der Waals surface area contributed by atoms with Crippen LogP contribution in [0.15, 0.2) is 140 Å². The third-order valence-corrected chi connectivity index (χ3v) is 18.4. The van der Waals surface area contributed by atoms with Crippen molar-refractivity contribution in [2.24, 2.45) is 0 Å². The van der Waals surface area contributed by atoms with Crippen molar-refractivity contribution in [3.05, 3.63) is 184 Å². The van der Waals surface area contributed by atoms with Crippen molar-refractivity contribution < 1.29 is 0 Å². The molecule has 368 valence electrons. The summed E-state index contributed by atoms with van der Waals surface area (Å²) in [6.45, 7) is 38.9. The summed E-state index contributed by atoms with van der Waals surface area (Å²) in [7, 11) is 0. The monoisotopic (exact) mass is 947 g/mol. The molecule has 7 aromatic carbocycles. The predicted octanol–water partition coefficient (Wildman–Crippen LogP) is 17.1. The summed E-state index contributed by atoms with van der Waals surface area (Å²) in [6.07, 6.45) is 4.70. The van der Waals surface area contributed by atoms with E-state index in [2.05, 4.69) is 260 Å². The Balaban J connectivity index is 1.30. The summed E-state index contributed by atoms with van der Waals surface area (Å²) in [5.41, 5.74) is 25.4. The van der Waals surface area contributed by atoms with Crippen LogP contribution in [0.2, 0.25) is 0 Å². The molecule has 0 spiro atoms. The molecule has 4 aliphatic rings. The van der Waals surface area contributed by atoms with Crippen LogP contribution in [0.1, 0.15) is 181 Å². The van der Waals surface area contributed by atoms with E-state index in [9.17, 15) is 0 Å². The van der Waals surface area contributed by atoms with Gasteiger partial charge in [-0.05, 0) is 173 Å². The Morgan fingerprint density at radius 2 is 0.875 bits per heavy atom. The molecule has 0 saturated carbocycles. The average molecular weight is 947 g/mol. The zero-order valence-corrected chi connectivity index (χ0v) is 46.6. The summed E-state index contributed by atoms with van der Waals surface area (Å²) >= 11 is 0. The van der Waals surface area contributed by atoms with E-state index >= 15 is 0 Å². The molecule has 0 fully saturated rings. The molecule has 72 heavy (non-hydrogen) atoms. The molecule has 0 aromatic heterocycles. The Hall–Kier alpha value is -5.80. The molecule has 2 nitrogen and oxygen atoms in total. The van der Waals surface area contributed by atoms with Crippen LogP contribution in [0.4, 0.5) is 34.1 Å². The van der Waals surface area contributed by atoms with Crippen LogP contribution in [0, 0.1) is 0 Å². The molecule has 3 heteroatoms. The molecule has 2 aliphatic heterocycles. The maximum atomic E-state index is 2.73. The maximum absolute atomic E-state index is 2.73. The van der Waals surface area contributed by atoms with E-state index in [1.54, 1.807) is 0 Å². The first-order valence-corrected chi connectivity index (χ1v) is 27.2. The van der Waals surface area contributed by atoms with Gasteiger partial charge in [0, 0.05) is 39.4 Å². The molecular weight excluding hydrogens is 868 g/mol. The van der Waals surface area contributed by atoms with Crippen LogP contribution in [-0.2, 0) is 37.9 Å². The minimum absolute atomic E-state index is 0.0128. The van der Waals surface area contributed by atoms with Gasteiger partial charge in [0.15, 0.2) is 0 Å². The van der Waals surface area contributed by atoms with Crippen molar-refractivity contribution >= 4 is 57.2 Å². The van der Waals surface area contributed by atoms with Gasteiger partial charge in [0.05, 0.1) is 5.69 Å². The van der Waals surface area contributed by atoms with E-state index in [4.69, 9.17) is 0 Å². The number of benzene rings is 7. The third kappa shape index (κ3) is 7.64. The van der Waals surface area contributed by atoms with E-state index in [1.165, 1.54) is 132 Å². The second kappa shape index (κ2) is 16.1. The molecule has 0 amide bonds. The fourth-order valence-corrected chi connectivity index (χ4v) is 13.2. The molecule has 0 bridgehead atoms. The van der Waals surface area contributed by atoms with Gasteiger partial charge in [-0.25, -0.2) is 0 Å². The lowest BCUT2D eigenvalue weighted by Crippen LogP contribution is -2.62. The SMILES string of the molecule is CC(C)(C)c1ccc(N2c3ccc(C(C)(C)c4ccccc4)cc3B3c4cc5c(cc4N(c4ccc6c(c4)C(C)(C)CCC6(C)C)c4cc(C(C)(C)C)cc2c43)C(C)(C)CCC5(C)C)c(-c2ccccc2)c1. The minimum Gasteiger partial charge on any atom is -0.311 e. The highest BCUT2D eigenvalue weighted by molar-refractivity contribution is 7.00. The van der Waals surface area contributed by atoms with E-state index < -0.39 is 0 Å². The van der Waals surface area contributed by atoms with Gasteiger partial charge in [0.1, 0.15) is 0 Å². The molecule has 0 saturated heterocycles. The van der Waals surface area contributed by atoms with E-state index in [-0.39, 0.29) is 44.6 Å². The lowest BCUT2D eigenvalue weighted by molar-refractivity contribution is 0.332. The second-order valence-corrected chi connectivity index (χ2v) is 27.6. The zero-order valence-electron chi connectivity index (χ0n) is 46.6. The topological polar surface area (TPSA) is 6.48 Å². The van der Waals surface area contributed by atoms with Gasteiger partial charge in [0.2, 0.25) is 0 Å². The molecule has 2 aliphatic carbocycles. The van der Waals surface area contributed by atoms with Crippen molar-refractivity contribution in [2.45, 2.75) is 174 Å². The van der Waals surface area contributed by atoms with Gasteiger partial charge in [-0.3, -0.25) is 0 Å². The quantitative estimate of drug-likeness (QED) is 0.159. The van der Waals surface area contributed by atoms with Gasteiger partial charge < -0.3 is 9.80 Å². The van der Waals surface area contributed by atoms with Crippen LogP contribution in [0.25, 0.3) is 11.1 Å². The standard InChI is InChI=1S/C69H79BN2/c1-63(2,3)46-27-31-57(50(37-46)44-23-19-17-20-24-44)72-58-32-28-47(69(15,16)45-25-21-18-22-26-45)38-55(58)70-56-42-53-54(68(13,14)36-35-67(53,11)12)43-59(56)71(60-39-48(64(4,5)6)40-61(72)62(60)70)49-29-30-51-52(41-49)66(9,10)34-33-65(51,7)8/h17-32,37-43H,33-36H2,1-16H3. The summed E-state index contributed by atoms with van der Waals surface area (Å²) in [4.78, 5) is 5.42. The molecule has 2 heterocycles. The minimum atomic E-state index is -0.237. The zero-order chi connectivity index (χ0) is 51.3. The third-order valence-electron chi connectivity index (χ3n) is 18.4. The Labute approximate surface area is 434 Å². The van der Waals surface area contributed by atoms with E-state index in [0.29, 0.717) is 0 Å². The summed E-state index contributed by atoms with van der Waals surface area (Å²) in [6, 6.07) is 55.3. The van der Waals surface area contributed by atoms with Crippen LogP contribution in [-0.4, -0.2) is 6.71 Å². The highest BCUT2D eigenvalue weighted by atomic mass is 15.2. The van der Waals surface area contributed by atoms with Gasteiger partial charge >= 0.3 is 0 Å². The van der Waals surface area contributed by atoms with Gasteiger partial charge in [-0.1, -0.05) is 202 Å². The largest absolute Gasteiger partial charge is 0.311 e. The number of hydrogen-bond donors (Lipinski definition) is 0. The highest BCUT2D eigenvalue weighted by Crippen LogP contribution is 2.54. The van der Waals surface area contributed by atoms with Gasteiger partial charge in [-0.15, -0.1) is 0 Å². The molecule has 7 aromatic rings. The van der Waals surface area contributed by atoms with Crippen molar-refractivity contribution in [2.75, 3.05) is 9.80 Å². The Kier molecular flexibility index (Phi) is 10.8. The lowest BCUT2D eigenvalue weighted by atomic mass is 9.32. The van der Waals surface area contributed by atoms with Gasteiger partial charge in [0.25, 0.3) is 6.71 Å². The summed E-state index contributed by atoms with van der Waals surface area (Å²) in [5, 5.41) is 0. The fraction of sp³-hybridized carbons (Fsp3) is 0.391. The first kappa shape index (κ1) is 48.5. The van der Waals surface area contributed by atoms with Crippen LogP contribution in [0.3, 0.4) is 0 Å². The first-order chi connectivity index (χ1) is 33.7. The molecular formula is C69H79BN2. The number of fused-ring (bicyclic) bond motifs is 6. The van der Waals surface area contributed by atoms with E-state index in [0.717, 1.165) is 0 Å². The normalized spacial score (nSPS) is 18.1. The first-order valence-electron chi connectivity index (χ1n) is 27.2. The summed E-state index contributed by atoms with van der Waals surface area (Å²) in [5.74, 6) is 0. The average Bonchev–Trinajstić information content (AvgIpc) is 3.33. The molecule has 0 radical (unpaired) electrons. The Bertz CT molecular complexity index is 3300. The van der Waals surface area contributed by atoms with Crippen LogP contribution >= 0.6 is 0 Å². The lowest BCUT2D eigenvalue weighted by Gasteiger charge is -2.48. The van der Waals surface area contributed by atoms with Crippen molar-refractivity contribution in [1.82, 2.24) is 0 Å². The fourth-order valence-electron chi connectivity index (χ4n) is 13.2. The highest BCUT2D eigenvalue weighted by Gasteiger charge is 2.48. The van der Waals surface area contributed by atoms with Crippen LogP contribution in [0.5, 0.6) is 0 Å². The van der Waals surface area contributed by atoms with Crippen molar-refractivity contribution in [1.29, 1.82) is 0 Å². The number of nitrogens with zero attached hydrogens (tertiary/aromatic N) is 2. The number of anilines is 6. The molecule has 0 N–H and O–H groups in total. The Morgan fingerprint density at radius 3 is 1.47 bits per heavy atom. The summed E-state index contributed by atoms with van der Waals surface area (Å²) < 4.78 is 0. The molecule has 0 atom stereocenters. The van der Waals surface area contributed by atoms with Gasteiger partial charge in [-0.2, -0.15) is 0 Å². The number of hydrogen-bond acceptors (Lipinski definition) is 2. The van der Waals surface area contributed by atoms with Crippen molar-refractivity contribution in [3.63, 3.8) is 0 Å². The predicted molar refractivity (Wildman–Crippen MR) is 312 cm³/mol. The molecule has 0 unspecified atom stereocenters.